The van der Waals surface area contributed by atoms with Gasteiger partial charge in [0.15, 0.2) is 0 Å². The summed E-state index contributed by atoms with van der Waals surface area (Å²) < 4.78 is 32.0. The van der Waals surface area contributed by atoms with Crippen LogP contribution in [0.15, 0.2) is 0 Å². The van der Waals surface area contributed by atoms with E-state index >= 15 is 0 Å². The van der Waals surface area contributed by atoms with Crippen LogP contribution in [-0.2, 0) is 42.3 Å². The molecule has 0 bridgehead atoms. The van der Waals surface area contributed by atoms with E-state index in [4.69, 9.17) is 0 Å². The fourth-order valence-electron chi connectivity index (χ4n) is 0.144. The molecule has 0 heterocycles. The van der Waals surface area contributed by atoms with Crippen LogP contribution in [0.25, 0.3) is 0 Å². The molecule has 0 N–H and O–H groups in total. The van der Waals surface area contributed by atoms with Gasteiger partial charge in [0.2, 0.25) is 10.4 Å². The summed E-state index contributed by atoms with van der Waals surface area (Å²) in [6.07, 6.45) is 0. The maximum absolute atomic E-state index is 9.45. The minimum Gasteiger partial charge on any atom is -0.726 e. The van der Waals surface area contributed by atoms with E-state index in [0.717, 1.165) is 0 Å². The summed E-state index contributed by atoms with van der Waals surface area (Å²) in [4.78, 5) is 0. The predicted molar refractivity (Wildman–Crippen MR) is 21.3 cm³/mol. The van der Waals surface area contributed by atoms with Crippen LogP contribution in [0.2, 0.25) is 0 Å². The van der Waals surface area contributed by atoms with Crippen molar-refractivity contribution >= 4 is 10.4 Å². The Morgan fingerprint density at radius 2 is 2.00 bits per heavy atom. The molecule has 6 heteroatoms. The normalized spacial score (nSPS) is 10.2. The van der Waals surface area contributed by atoms with Gasteiger partial charge in [0.05, 0.1) is 6.61 Å². The Labute approximate surface area is 68.7 Å². The minimum absolute atomic E-state index is 0. The molecule has 0 aliphatic carbocycles. The minimum atomic E-state index is -4.42. The van der Waals surface area contributed by atoms with Gasteiger partial charge in [-0.15, -0.1) is 0 Å². The zero-order valence-corrected chi connectivity index (χ0v) is 10.8. The second-order valence-corrected chi connectivity index (χ2v) is 1.87. The quantitative estimate of drug-likeness (QED) is 0.389. The van der Waals surface area contributed by atoms with Crippen LogP contribution >= 0.6 is 0 Å². The first-order chi connectivity index (χ1) is 3.06. The molecule has 0 amide bonds. The molecule has 0 fully saturated rings. The van der Waals surface area contributed by atoms with Crippen molar-refractivity contribution < 1.29 is 44.8 Å². The van der Waals surface area contributed by atoms with Gasteiger partial charge in [-0.2, -0.15) is 0 Å². The SMILES string of the molecule is CCOS(=O)(=O)[O-].[Hg+]. The van der Waals surface area contributed by atoms with Gasteiger partial charge in [-0.25, -0.2) is 8.42 Å². The molecule has 0 aromatic heterocycles. The summed E-state index contributed by atoms with van der Waals surface area (Å²) in [5.74, 6) is 0. The standard InChI is InChI=1S/C2H6O4S.Hg/c1-2-6-7(3,4)5;/h2H2,1H3,(H,3,4,5);/q;+1/p-1. The van der Waals surface area contributed by atoms with Crippen LogP contribution in [0.5, 0.6) is 0 Å². The molecule has 0 unspecified atom stereocenters. The third-order valence-electron chi connectivity index (χ3n) is 0.262. The molecule has 0 aliphatic rings. The van der Waals surface area contributed by atoms with Crippen LogP contribution in [0.3, 0.4) is 0 Å². The summed E-state index contributed by atoms with van der Waals surface area (Å²) in [6.45, 7) is 1.33. The van der Waals surface area contributed by atoms with E-state index in [1.165, 1.54) is 6.92 Å². The van der Waals surface area contributed by atoms with Crippen LogP contribution in [0.1, 0.15) is 6.92 Å². The van der Waals surface area contributed by atoms with Gasteiger partial charge in [0, 0.05) is 0 Å². The molecule has 0 saturated heterocycles. The van der Waals surface area contributed by atoms with Crippen molar-refractivity contribution in [3.05, 3.63) is 0 Å². The monoisotopic (exact) mass is 327 g/mol. The van der Waals surface area contributed by atoms with E-state index in [0.29, 0.717) is 0 Å². The van der Waals surface area contributed by atoms with E-state index in [1.54, 1.807) is 0 Å². The van der Waals surface area contributed by atoms with Crippen molar-refractivity contribution in [1.82, 2.24) is 0 Å². The molecule has 4 nitrogen and oxygen atoms in total. The third-order valence-corrected chi connectivity index (χ3v) is 0.787. The number of rotatable bonds is 2. The van der Waals surface area contributed by atoms with E-state index in [1.807, 2.05) is 0 Å². The molecule has 0 atom stereocenters. The first kappa shape index (κ1) is 11.6. The topological polar surface area (TPSA) is 66.4 Å². The summed E-state index contributed by atoms with van der Waals surface area (Å²) in [5, 5.41) is 0. The van der Waals surface area contributed by atoms with Gasteiger partial charge in [0.25, 0.3) is 0 Å². The van der Waals surface area contributed by atoms with Crippen molar-refractivity contribution in [2.45, 2.75) is 6.92 Å². The molecule has 45 valence electrons. The Hall–Kier alpha value is 0.805. The average molecular weight is 326 g/mol. The largest absolute Gasteiger partial charge is 1.00 e. The van der Waals surface area contributed by atoms with Gasteiger partial charge in [-0.3, -0.25) is 4.18 Å². The molecule has 0 aromatic rings. The maximum Gasteiger partial charge on any atom is 1.00 e. The summed E-state index contributed by atoms with van der Waals surface area (Å²) in [6, 6.07) is 0. The average Bonchev–Trinajstić information content (AvgIpc) is 1.30. The second kappa shape index (κ2) is 4.66. The number of hydrogen-bond acceptors (Lipinski definition) is 4. The molecule has 0 saturated carbocycles. The second-order valence-electron chi connectivity index (χ2n) is 0.815. The Morgan fingerprint density at radius 1 is 1.62 bits per heavy atom. The van der Waals surface area contributed by atoms with Gasteiger partial charge >= 0.3 is 27.7 Å². The van der Waals surface area contributed by atoms with E-state index in [-0.39, 0.29) is 34.3 Å². The Balaban J connectivity index is 0. The smallest absolute Gasteiger partial charge is 0.726 e. The van der Waals surface area contributed by atoms with Crippen molar-refractivity contribution in [2.24, 2.45) is 0 Å². The Morgan fingerprint density at radius 3 is 2.00 bits per heavy atom. The third kappa shape index (κ3) is 9.93. The molecule has 8 heavy (non-hydrogen) atoms. The van der Waals surface area contributed by atoms with Crippen molar-refractivity contribution in [1.29, 1.82) is 0 Å². The van der Waals surface area contributed by atoms with Crippen LogP contribution in [0.4, 0.5) is 0 Å². The first-order valence-corrected chi connectivity index (χ1v) is 3.00. The van der Waals surface area contributed by atoms with Crippen molar-refractivity contribution in [3.63, 3.8) is 0 Å². The van der Waals surface area contributed by atoms with E-state index in [2.05, 4.69) is 4.18 Å². The summed E-state index contributed by atoms with van der Waals surface area (Å²) in [7, 11) is -4.42. The van der Waals surface area contributed by atoms with E-state index in [9.17, 15) is 13.0 Å². The van der Waals surface area contributed by atoms with Crippen LogP contribution in [0, 0.1) is 0 Å². The number of hydrogen-bond donors (Lipinski definition) is 0. The first-order valence-electron chi connectivity index (χ1n) is 1.66. The van der Waals surface area contributed by atoms with Crippen molar-refractivity contribution in [2.75, 3.05) is 6.61 Å². The molecule has 0 spiro atoms. The Kier molecular flexibility index (Phi) is 6.75. The van der Waals surface area contributed by atoms with Crippen LogP contribution < -0.4 is 0 Å². The fourth-order valence-corrected chi connectivity index (χ4v) is 0.433. The molecular weight excluding hydrogens is 321 g/mol. The van der Waals surface area contributed by atoms with Gasteiger partial charge in [-0.1, -0.05) is 0 Å². The van der Waals surface area contributed by atoms with Crippen LogP contribution in [-0.4, -0.2) is 19.6 Å². The Bertz CT molecular complexity index is 127. The molecule has 0 aliphatic heterocycles. The maximum atomic E-state index is 9.45. The molecule has 0 aromatic carbocycles. The zero-order chi connectivity index (χ0) is 5.91. The van der Waals surface area contributed by atoms with E-state index < -0.39 is 10.4 Å². The molecule has 0 rings (SSSR count). The molecular formula is C2H5HgO4S. The zero-order valence-electron chi connectivity index (χ0n) is 4.46. The molecule has 1 radical (unpaired) electrons. The van der Waals surface area contributed by atoms with Gasteiger partial charge in [0.1, 0.15) is 0 Å². The van der Waals surface area contributed by atoms with Crippen molar-refractivity contribution in [3.8, 4) is 0 Å². The summed E-state index contributed by atoms with van der Waals surface area (Å²) in [5.41, 5.74) is 0. The van der Waals surface area contributed by atoms with Gasteiger partial charge in [-0.05, 0) is 6.92 Å². The predicted octanol–water partition coefficient (Wildman–Crippen LogP) is -0.519. The summed E-state index contributed by atoms with van der Waals surface area (Å²) >= 11 is 0. The fraction of sp³-hybridized carbons (Fsp3) is 1.00. The van der Waals surface area contributed by atoms with Gasteiger partial charge < -0.3 is 4.55 Å².